The van der Waals surface area contributed by atoms with E-state index >= 15 is 0 Å². The molecule has 1 N–H and O–H groups in total. The van der Waals surface area contributed by atoms with Crippen molar-refractivity contribution in [2.45, 2.75) is 23.8 Å². The lowest BCUT2D eigenvalue weighted by atomic mass is 10.1. The summed E-state index contributed by atoms with van der Waals surface area (Å²) in [5, 5.41) is 9.21. The standard InChI is InChI=1S/C13H14ClNO5S/c1-21(19,20)8-4-5-10(14)9(7-8)12(16)15-6-2-3-11(15)13(17)18/h4-5,7,11H,2-3,6H2,1H3,(H,17,18)/t11-/m0/s1. The second-order valence-corrected chi connectivity index (χ2v) is 7.33. The van der Waals surface area contributed by atoms with Crippen LogP contribution < -0.4 is 0 Å². The van der Waals surface area contributed by atoms with Crippen LogP contribution in [-0.2, 0) is 14.6 Å². The molecule has 8 heteroatoms. The fourth-order valence-corrected chi connectivity index (χ4v) is 3.17. The Morgan fingerprint density at radius 1 is 1.38 bits per heavy atom. The van der Waals surface area contributed by atoms with Crippen LogP contribution in [0.2, 0.25) is 5.02 Å². The third-order valence-corrected chi connectivity index (χ3v) is 4.83. The van der Waals surface area contributed by atoms with Crippen LogP contribution in [0.25, 0.3) is 0 Å². The predicted molar refractivity (Wildman–Crippen MR) is 76.3 cm³/mol. The first-order valence-electron chi connectivity index (χ1n) is 6.25. The molecule has 1 amide bonds. The average Bonchev–Trinajstić information content (AvgIpc) is 2.86. The molecule has 0 aliphatic carbocycles. The van der Waals surface area contributed by atoms with Gasteiger partial charge in [-0.05, 0) is 31.0 Å². The lowest BCUT2D eigenvalue weighted by molar-refractivity contribution is -0.141. The van der Waals surface area contributed by atoms with E-state index in [1.165, 1.54) is 23.1 Å². The highest BCUT2D eigenvalue weighted by Gasteiger charge is 2.35. The number of nitrogens with zero attached hydrogens (tertiary/aromatic N) is 1. The first-order chi connectivity index (χ1) is 9.71. The molecule has 21 heavy (non-hydrogen) atoms. The Bertz CT molecular complexity index is 701. The average molecular weight is 332 g/mol. The van der Waals surface area contributed by atoms with Crippen molar-refractivity contribution in [3.05, 3.63) is 28.8 Å². The zero-order valence-electron chi connectivity index (χ0n) is 11.2. The molecule has 0 bridgehead atoms. The number of amides is 1. The van der Waals surface area contributed by atoms with Crippen LogP contribution in [0, 0.1) is 0 Å². The van der Waals surface area contributed by atoms with Gasteiger partial charge in [0.25, 0.3) is 5.91 Å². The van der Waals surface area contributed by atoms with Gasteiger partial charge in [-0.25, -0.2) is 13.2 Å². The van der Waals surface area contributed by atoms with Gasteiger partial charge < -0.3 is 10.0 Å². The molecule has 1 aliphatic heterocycles. The SMILES string of the molecule is CS(=O)(=O)c1ccc(Cl)c(C(=O)N2CCC[C@H]2C(=O)O)c1. The summed E-state index contributed by atoms with van der Waals surface area (Å²) in [6.07, 6.45) is 2.00. The molecular weight excluding hydrogens is 318 g/mol. The van der Waals surface area contributed by atoms with Crippen molar-refractivity contribution in [1.82, 2.24) is 4.90 Å². The maximum Gasteiger partial charge on any atom is 0.326 e. The second-order valence-electron chi connectivity index (χ2n) is 4.91. The smallest absolute Gasteiger partial charge is 0.326 e. The molecule has 1 saturated heterocycles. The van der Waals surface area contributed by atoms with Gasteiger partial charge in [-0.1, -0.05) is 11.6 Å². The summed E-state index contributed by atoms with van der Waals surface area (Å²) in [4.78, 5) is 24.8. The van der Waals surface area contributed by atoms with E-state index in [0.29, 0.717) is 19.4 Å². The number of aliphatic carboxylic acids is 1. The fourth-order valence-electron chi connectivity index (χ4n) is 2.32. The molecule has 0 spiro atoms. The Hall–Kier alpha value is -1.60. The van der Waals surface area contributed by atoms with Gasteiger partial charge in [0.2, 0.25) is 0 Å². The predicted octanol–water partition coefficient (Wildman–Crippen LogP) is 1.43. The van der Waals surface area contributed by atoms with Crippen molar-refractivity contribution in [1.29, 1.82) is 0 Å². The van der Waals surface area contributed by atoms with Crippen LogP contribution in [0.15, 0.2) is 23.1 Å². The van der Waals surface area contributed by atoms with Crippen LogP contribution in [0.5, 0.6) is 0 Å². The molecule has 1 atom stereocenters. The van der Waals surface area contributed by atoms with Crippen LogP contribution in [0.4, 0.5) is 0 Å². The number of hydrogen-bond acceptors (Lipinski definition) is 4. The molecule has 1 heterocycles. The van der Waals surface area contributed by atoms with Gasteiger partial charge in [-0.15, -0.1) is 0 Å². The van der Waals surface area contributed by atoms with Crippen molar-refractivity contribution >= 4 is 33.3 Å². The quantitative estimate of drug-likeness (QED) is 0.904. The van der Waals surface area contributed by atoms with E-state index in [2.05, 4.69) is 0 Å². The normalized spacial score (nSPS) is 18.8. The summed E-state index contributed by atoms with van der Waals surface area (Å²) in [6.45, 7) is 0.315. The van der Waals surface area contributed by atoms with Crippen molar-refractivity contribution in [3.63, 3.8) is 0 Å². The monoisotopic (exact) mass is 331 g/mol. The van der Waals surface area contributed by atoms with Gasteiger partial charge in [0.1, 0.15) is 6.04 Å². The van der Waals surface area contributed by atoms with Crippen LogP contribution in [0.3, 0.4) is 0 Å². The minimum absolute atomic E-state index is 0.00717. The Kier molecular flexibility index (Phi) is 4.25. The second kappa shape index (κ2) is 5.65. The Balaban J connectivity index is 2.41. The maximum atomic E-state index is 12.4. The largest absolute Gasteiger partial charge is 0.480 e. The summed E-state index contributed by atoms with van der Waals surface area (Å²) in [5.41, 5.74) is 0.00717. The Morgan fingerprint density at radius 3 is 2.62 bits per heavy atom. The minimum Gasteiger partial charge on any atom is -0.480 e. The Labute approximate surface area is 127 Å². The summed E-state index contributed by atoms with van der Waals surface area (Å²) >= 11 is 5.96. The third kappa shape index (κ3) is 3.19. The number of carbonyl (C=O) groups is 2. The van der Waals surface area contributed by atoms with Crippen molar-refractivity contribution in [3.8, 4) is 0 Å². The molecule has 114 valence electrons. The van der Waals surface area contributed by atoms with Crippen molar-refractivity contribution in [2.75, 3.05) is 12.8 Å². The molecule has 0 radical (unpaired) electrons. The van der Waals surface area contributed by atoms with Crippen LogP contribution in [0.1, 0.15) is 23.2 Å². The summed E-state index contributed by atoms with van der Waals surface area (Å²) in [6, 6.07) is 2.94. The number of carbonyl (C=O) groups excluding carboxylic acids is 1. The number of carboxylic acid groups (broad SMARTS) is 1. The zero-order valence-corrected chi connectivity index (χ0v) is 12.8. The summed E-state index contributed by atoms with van der Waals surface area (Å²) in [5.74, 6) is -1.63. The molecule has 6 nitrogen and oxygen atoms in total. The molecule has 0 aromatic heterocycles. The van der Waals surface area contributed by atoms with E-state index in [4.69, 9.17) is 16.7 Å². The van der Waals surface area contributed by atoms with Gasteiger partial charge in [0.05, 0.1) is 15.5 Å². The van der Waals surface area contributed by atoms with E-state index in [1.807, 2.05) is 0 Å². The van der Waals surface area contributed by atoms with Gasteiger partial charge in [0, 0.05) is 12.8 Å². The lowest BCUT2D eigenvalue weighted by Gasteiger charge is -2.22. The van der Waals surface area contributed by atoms with E-state index in [0.717, 1.165) is 6.26 Å². The number of benzene rings is 1. The van der Waals surface area contributed by atoms with Gasteiger partial charge in [-0.2, -0.15) is 0 Å². The molecule has 1 aromatic carbocycles. The first-order valence-corrected chi connectivity index (χ1v) is 8.52. The Morgan fingerprint density at radius 2 is 2.05 bits per heavy atom. The topological polar surface area (TPSA) is 91.8 Å². The maximum absolute atomic E-state index is 12.4. The fraction of sp³-hybridized carbons (Fsp3) is 0.385. The zero-order chi connectivity index (χ0) is 15.8. The van der Waals surface area contributed by atoms with E-state index in [1.54, 1.807) is 0 Å². The van der Waals surface area contributed by atoms with Gasteiger partial charge in [-0.3, -0.25) is 4.79 Å². The highest BCUT2D eigenvalue weighted by molar-refractivity contribution is 7.90. The molecule has 2 rings (SSSR count). The molecule has 1 aliphatic rings. The highest BCUT2D eigenvalue weighted by Crippen LogP contribution is 2.26. The number of hydrogen-bond donors (Lipinski definition) is 1. The molecule has 1 fully saturated rings. The van der Waals surface area contributed by atoms with Gasteiger partial charge >= 0.3 is 5.97 Å². The van der Waals surface area contributed by atoms with Crippen molar-refractivity contribution in [2.24, 2.45) is 0 Å². The van der Waals surface area contributed by atoms with Crippen molar-refractivity contribution < 1.29 is 23.1 Å². The number of carboxylic acids is 1. The van der Waals surface area contributed by atoms with Crippen LogP contribution in [-0.4, -0.2) is 49.1 Å². The van der Waals surface area contributed by atoms with Gasteiger partial charge in [0.15, 0.2) is 9.84 Å². The van der Waals surface area contributed by atoms with E-state index in [9.17, 15) is 18.0 Å². The number of sulfone groups is 1. The van der Waals surface area contributed by atoms with E-state index in [-0.39, 0.29) is 15.5 Å². The third-order valence-electron chi connectivity index (χ3n) is 3.40. The summed E-state index contributed by atoms with van der Waals surface area (Å²) in [7, 11) is -3.47. The molecule has 0 saturated carbocycles. The molecular formula is C13H14ClNO5S. The number of likely N-dealkylation sites (tertiary alicyclic amines) is 1. The lowest BCUT2D eigenvalue weighted by Crippen LogP contribution is -2.40. The van der Waals surface area contributed by atoms with E-state index < -0.39 is 27.8 Å². The van der Waals surface area contributed by atoms with Crippen LogP contribution >= 0.6 is 11.6 Å². The first kappa shape index (κ1) is 15.8. The molecule has 0 unspecified atom stereocenters. The summed E-state index contributed by atoms with van der Waals surface area (Å²) < 4.78 is 23.1. The minimum atomic E-state index is -3.47. The highest BCUT2D eigenvalue weighted by atomic mass is 35.5. The molecule has 1 aromatic rings. The number of rotatable bonds is 3. The number of halogens is 1.